The number of benzene rings is 3. The van der Waals surface area contributed by atoms with Crippen LogP contribution >= 0.6 is 34.3 Å². The summed E-state index contributed by atoms with van der Waals surface area (Å²) in [5, 5.41) is 31.7. The molecule has 20 heteroatoms. The second-order valence-corrected chi connectivity index (χ2v) is 23.2. The lowest BCUT2D eigenvalue weighted by Gasteiger charge is -2.35. The van der Waals surface area contributed by atoms with Gasteiger partial charge in [-0.25, -0.2) is 4.39 Å². The summed E-state index contributed by atoms with van der Waals surface area (Å²) in [6, 6.07) is 22.8. The Morgan fingerprint density at radius 2 is 1.65 bits per heavy atom. The van der Waals surface area contributed by atoms with E-state index in [-0.39, 0.29) is 63.3 Å². The van der Waals surface area contributed by atoms with Crippen molar-refractivity contribution in [2.24, 2.45) is 10.4 Å². The van der Waals surface area contributed by atoms with Crippen LogP contribution in [0.15, 0.2) is 101 Å². The standard InChI is InChI=1S/C58H61ClFN9O7S2/c1-32-21-24-77-52(32)38-11-9-36(10-12-38)28-62-55(73)46-26-42(70)30-68(46)56(74)53(58(5,6)7)65-49(72)31-75-22-8-23-76-47-20-15-39(25-43(47)60)44-19-18-41(29-61-44)63-48(71)27-45-54-67-66-35(4)69(54)57-50(33(2)34(3)78-57)51(64-45)37-13-16-40(59)17-14-37/h9-21,24-25,29,42,45-46,53,70H,8,22-23,26-28,30-31H2,1-7H3,(H,62,73)(H,63,71)(H,65,72)/t42-,45+,46+,53-/m1/s1. The van der Waals surface area contributed by atoms with E-state index in [9.17, 15) is 24.3 Å². The van der Waals surface area contributed by atoms with Gasteiger partial charge in [-0.15, -0.1) is 32.9 Å². The number of amides is 4. The number of aliphatic hydroxyl groups excluding tert-OH is 1. The number of anilines is 1. The van der Waals surface area contributed by atoms with Crippen molar-refractivity contribution >= 4 is 69.3 Å². The Balaban J connectivity index is 0.730. The Labute approximate surface area is 465 Å². The van der Waals surface area contributed by atoms with Crippen LogP contribution in [-0.4, -0.2) is 104 Å². The summed E-state index contributed by atoms with van der Waals surface area (Å²) in [5.41, 5.74) is 7.52. The van der Waals surface area contributed by atoms with Crippen LogP contribution in [0, 0.1) is 38.9 Å². The summed E-state index contributed by atoms with van der Waals surface area (Å²) >= 11 is 9.56. The number of pyridine rings is 1. The zero-order chi connectivity index (χ0) is 55.4. The van der Waals surface area contributed by atoms with E-state index in [0.717, 1.165) is 43.4 Å². The average molecular weight is 1110 g/mol. The molecule has 0 aliphatic carbocycles. The number of aliphatic imine (C=N–C) groups is 1. The number of nitrogens with one attached hydrogen (secondary N) is 3. The van der Waals surface area contributed by atoms with Crippen molar-refractivity contribution in [2.75, 3.05) is 31.7 Å². The number of β-amino-alcohol motifs (C(OH)–C–C–N with tert-alkyl or cyclic N) is 1. The Morgan fingerprint density at radius 1 is 0.910 bits per heavy atom. The molecule has 16 nitrogen and oxygen atoms in total. The topological polar surface area (TPSA) is 202 Å². The third kappa shape index (κ3) is 12.6. The predicted molar refractivity (Wildman–Crippen MR) is 301 cm³/mol. The van der Waals surface area contributed by atoms with Crippen LogP contribution in [0.2, 0.25) is 5.02 Å². The van der Waals surface area contributed by atoms with Gasteiger partial charge in [-0.3, -0.25) is 33.7 Å². The van der Waals surface area contributed by atoms with Crippen LogP contribution in [0.3, 0.4) is 0 Å². The first-order chi connectivity index (χ1) is 37.3. The number of aromatic nitrogens is 4. The smallest absolute Gasteiger partial charge is 0.246 e. The second-order valence-electron chi connectivity index (χ2n) is 20.6. The molecule has 0 unspecified atom stereocenters. The zero-order valence-electron chi connectivity index (χ0n) is 44.4. The van der Waals surface area contributed by atoms with Crippen molar-refractivity contribution < 1.29 is 38.1 Å². The highest BCUT2D eigenvalue weighted by Gasteiger charge is 2.44. The number of carbonyl (C=O) groups is 4. The highest BCUT2D eigenvalue weighted by Crippen LogP contribution is 2.40. The van der Waals surface area contributed by atoms with E-state index >= 15 is 4.39 Å². The van der Waals surface area contributed by atoms with Crippen LogP contribution in [0.4, 0.5) is 10.1 Å². The highest BCUT2D eigenvalue weighted by atomic mass is 35.5. The molecule has 78 heavy (non-hydrogen) atoms. The number of aliphatic hydroxyl groups is 1. The van der Waals surface area contributed by atoms with Gasteiger partial charge in [0.25, 0.3) is 0 Å². The molecule has 7 aromatic rings. The first kappa shape index (κ1) is 55.6. The molecule has 2 aliphatic heterocycles. The number of hydrogen-bond acceptors (Lipinski definition) is 13. The van der Waals surface area contributed by atoms with Gasteiger partial charge in [-0.2, -0.15) is 0 Å². The number of likely N-dealkylation sites (tertiary alicyclic amines) is 1. The number of fused-ring (bicyclic) bond motifs is 3. The molecule has 0 radical (unpaired) electrons. The molecule has 3 aromatic carbocycles. The summed E-state index contributed by atoms with van der Waals surface area (Å²) in [6.07, 6.45) is 0.985. The molecule has 4 amide bonds. The van der Waals surface area contributed by atoms with Crippen molar-refractivity contribution in [3.05, 3.63) is 152 Å². The summed E-state index contributed by atoms with van der Waals surface area (Å²) in [4.78, 5) is 67.7. The molecule has 1 saturated heterocycles. The van der Waals surface area contributed by atoms with E-state index in [4.69, 9.17) is 26.1 Å². The number of thiophene rings is 2. The lowest BCUT2D eigenvalue weighted by molar-refractivity contribution is -0.144. The van der Waals surface area contributed by atoms with E-state index < -0.39 is 47.3 Å². The van der Waals surface area contributed by atoms with E-state index in [1.54, 1.807) is 40.9 Å². The Morgan fingerprint density at radius 3 is 2.35 bits per heavy atom. The fourth-order valence-electron chi connectivity index (χ4n) is 9.52. The van der Waals surface area contributed by atoms with Gasteiger partial charge < -0.3 is 35.4 Å². The molecule has 0 spiro atoms. The van der Waals surface area contributed by atoms with Gasteiger partial charge in [-0.05, 0) is 109 Å². The maximum absolute atomic E-state index is 15.4. The van der Waals surface area contributed by atoms with Gasteiger partial charge in [0.15, 0.2) is 17.4 Å². The summed E-state index contributed by atoms with van der Waals surface area (Å²) in [5.74, 6) is -1.04. The normalized spacial score (nSPS) is 16.4. The van der Waals surface area contributed by atoms with Crippen LogP contribution in [0.25, 0.3) is 26.7 Å². The lowest BCUT2D eigenvalue weighted by Crippen LogP contribution is -2.58. The summed E-state index contributed by atoms with van der Waals surface area (Å²) < 4.78 is 28.7. The van der Waals surface area contributed by atoms with E-state index in [1.165, 1.54) is 33.7 Å². The van der Waals surface area contributed by atoms with Crippen LogP contribution in [0.5, 0.6) is 5.75 Å². The van der Waals surface area contributed by atoms with Gasteiger partial charge in [0.1, 0.15) is 35.6 Å². The quantitative estimate of drug-likeness (QED) is 0.0600. The van der Waals surface area contributed by atoms with Crippen molar-refractivity contribution in [3.8, 4) is 32.4 Å². The van der Waals surface area contributed by atoms with Crippen molar-refractivity contribution in [1.82, 2.24) is 35.3 Å². The maximum Gasteiger partial charge on any atom is 0.246 e. The van der Waals surface area contributed by atoms with Crippen LogP contribution < -0.4 is 20.7 Å². The van der Waals surface area contributed by atoms with Gasteiger partial charge >= 0.3 is 0 Å². The van der Waals surface area contributed by atoms with Crippen molar-refractivity contribution in [2.45, 2.75) is 98.5 Å². The summed E-state index contributed by atoms with van der Waals surface area (Å²) in [6.45, 7) is 13.6. The van der Waals surface area contributed by atoms with E-state index in [1.807, 2.05) is 80.8 Å². The molecule has 1 fully saturated rings. The Kier molecular flexibility index (Phi) is 17.0. The first-order valence-electron chi connectivity index (χ1n) is 25.6. The molecule has 4 N–H and O–H groups in total. The zero-order valence-corrected chi connectivity index (χ0v) is 46.7. The predicted octanol–water partition coefficient (Wildman–Crippen LogP) is 9.66. The van der Waals surface area contributed by atoms with E-state index in [2.05, 4.69) is 63.3 Å². The number of halogens is 2. The Hall–Kier alpha value is -7.16. The number of hydrogen-bond donors (Lipinski definition) is 4. The van der Waals surface area contributed by atoms with Gasteiger partial charge in [0.05, 0.1) is 49.0 Å². The van der Waals surface area contributed by atoms with Gasteiger partial charge in [0.2, 0.25) is 23.6 Å². The first-order valence-corrected chi connectivity index (χ1v) is 27.7. The highest BCUT2D eigenvalue weighted by molar-refractivity contribution is 7.15. The molecule has 4 aromatic heterocycles. The van der Waals surface area contributed by atoms with E-state index in [0.29, 0.717) is 40.0 Å². The third-order valence-electron chi connectivity index (χ3n) is 13.8. The third-order valence-corrected chi connectivity index (χ3v) is 16.3. The van der Waals surface area contributed by atoms with Crippen molar-refractivity contribution in [1.29, 1.82) is 0 Å². The van der Waals surface area contributed by atoms with Crippen LogP contribution in [-0.2, 0) is 30.5 Å². The average Bonchev–Trinajstić information content (AvgIpc) is 4.27. The minimum Gasteiger partial charge on any atom is -0.490 e. The number of ether oxygens (including phenoxy) is 2. The summed E-state index contributed by atoms with van der Waals surface area (Å²) in [7, 11) is 0. The number of carbonyl (C=O) groups excluding carboxylic acids is 4. The second kappa shape index (κ2) is 23.8. The maximum atomic E-state index is 15.4. The lowest BCUT2D eigenvalue weighted by atomic mass is 9.85. The van der Waals surface area contributed by atoms with Gasteiger partial charge in [-0.1, -0.05) is 68.8 Å². The molecule has 0 saturated carbocycles. The molecular formula is C58H61ClFN9O7S2. The van der Waals surface area contributed by atoms with Gasteiger partial charge in [0, 0.05) is 57.4 Å². The van der Waals surface area contributed by atoms with Crippen LogP contribution in [0.1, 0.15) is 90.4 Å². The number of nitrogens with zero attached hydrogens (tertiary/aromatic N) is 6. The molecule has 2 aliphatic rings. The molecule has 0 bridgehead atoms. The molecule has 406 valence electrons. The monoisotopic (exact) mass is 1110 g/mol. The minimum atomic E-state index is -1.01. The fourth-order valence-corrected chi connectivity index (χ4v) is 11.8. The number of aryl methyl sites for hydroxylation is 3. The SMILES string of the molecule is Cc1ccsc1-c1ccc(CNC(=O)[C@@H]2C[C@@H](O)CN2C(=O)[C@@H](NC(=O)COCCCOc2ccc(-c3ccc(NC(=O)C[C@@H]4N=C(c5ccc(Cl)cc5)c5c(sc(C)c5C)-n5c(C)nnc54)cn3)cc2F)C(C)(C)C)cc1. The fraction of sp³-hybridized carbons (Fsp3) is 0.345. The van der Waals surface area contributed by atoms with Crippen molar-refractivity contribution in [3.63, 3.8) is 0 Å². The molecule has 6 heterocycles. The molecular weight excluding hydrogens is 1050 g/mol. The molecule has 4 atom stereocenters. The largest absolute Gasteiger partial charge is 0.490 e. The number of rotatable bonds is 18. The minimum absolute atomic E-state index is 0.0243. The Bertz CT molecular complexity index is 3370. The molecule has 9 rings (SSSR count).